The molecule has 1 aromatic carbocycles. The van der Waals surface area contributed by atoms with Crippen molar-refractivity contribution in [2.24, 2.45) is 0 Å². The monoisotopic (exact) mass is 395 g/mol. The van der Waals surface area contributed by atoms with Gasteiger partial charge in [-0.05, 0) is 45.4 Å². The number of hydrogen-bond donors (Lipinski definition) is 2. The highest BCUT2D eigenvalue weighted by Crippen LogP contribution is 2.29. The Balaban J connectivity index is 1.89. The number of nitrogens with zero attached hydrogens (tertiary/aromatic N) is 1. The second-order valence-corrected chi connectivity index (χ2v) is 8.02. The summed E-state index contributed by atoms with van der Waals surface area (Å²) in [6.45, 7) is 8.30. The van der Waals surface area contributed by atoms with Crippen LogP contribution in [0, 0.1) is 0 Å². The molecule has 0 spiro atoms. The van der Waals surface area contributed by atoms with E-state index in [2.05, 4.69) is 22.5 Å². The van der Waals surface area contributed by atoms with Crippen LogP contribution in [-0.4, -0.2) is 36.4 Å². The first-order chi connectivity index (χ1) is 12.8. The van der Waals surface area contributed by atoms with E-state index in [4.69, 9.17) is 9.47 Å². The zero-order chi connectivity index (χ0) is 19.9. The Labute approximate surface area is 162 Å². The number of fused-ring (bicyclic) bond motifs is 1. The smallest absolute Gasteiger partial charge is 0.407 e. The molecular formula is C19H26FN3O3S. The molecule has 1 aromatic heterocycles. The van der Waals surface area contributed by atoms with Crippen LogP contribution in [0.15, 0.2) is 30.1 Å². The summed E-state index contributed by atoms with van der Waals surface area (Å²) in [6.07, 6.45) is 0.870. The molecule has 0 bridgehead atoms. The summed E-state index contributed by atoms with van der Waals surface area (Å²) in [5.41, 5.74) is 0.587. The first kappa shape index (κ1) is 21.0. The fraction of sp³-hybridized carbons (Fsp3) is 0.474. The van der Waals surface area contributed by atoms with E-state index in [0.717, 1.165) is 28.3 Å². The van der Waals surface area contributed by atoms with Crippen molar-refractivity contribution in [2.75, 3.05) is 25.0 Å². The van der Waals surface area contributed by atoms with Crippen LogP contribution in [0.2, 0.25) is 0 Å². The molecule has 0 fully saturated rings. The van der Waals surface area contributed by atoms with Gasteiger partial charge in [-0.2, -0.15) is 0 Å². The number of thiazole rings is 1. The number of anilines is 1. The Morgan fingerprint density at radius 3 is 2.81 bits per heavy atom. The first-order valence-corrected chi connectivity index (χ1v) is 9.64. The predicted molar refractivity (Wildman–Crippen MR) is 107 cm³/mol. The molecule has 8 heteroatoms. The number of carbonyl (C=O) groups is 1. The number of hydrogen-bond acceptors (Lipinski definition) is 6. The van der Waals surface area contributed by atoms with Gasteiger partial charge in [-0.15, -0.1) is 0 Å². The fourth-order valence-electron chi connectivity index (χ4n) is 2.10. The van der Waals surface area contributed by atoms with Crippen LogP contribution in [-0.2, 0) is 4.74 Å². The number of amides is 1. The number of alkyl carbamates (subject to hydrolysis) is 1. The SMILES string of the molecule is CCCNc1nc2ccc(OC/C(=C\F)CNC(=O)OC(C)(C)C)cc2s1. The van der Waals surface area contributed by atoms with Crippen molar-refractivity contribution in [1.29, 1.82) is 0 Å². The Kier molecular flexibility index (Phi) is 7.41. The largest absolute Gasteiger partial charge is 0.489 e. The zero-order valence-corrected chi connectivity index (χ0v) is 16.9. The van der Waals surface area contributed by atoms with E-state index in [9.17, 15) is 9.18 Å². The molecular weight excluding hydrogens is 369 g/mol. The lowest BCUT2D eigenvalue weighted by molar-refractivity contribution is 0.0531. The summed E-state index contributed by atoms with van der Waals surface area (Å²) < 4.78 is 24.8. The van der Waals surface area contributed by atoms with Crippen LogP contribution in [0.3, 0.4) is 0 Å². The van der Waals surface area contributed by atoms with Gasteiger partial charge in [0.1, 0.15) is 18.0 Å². The van der Waals surface area contributed by atoms with E-state index in [-0.39, 0.29) is 13.2 Å². The lowest BCUT2D eigenvalue weighted by Crippen LogP contribution is -2.34. The van der Waals surface area contributed by atoms with Crippen LogP contribution >= 0.6 is 11.3 Å². The highest BCUT2D eigenvalue weighted by Gasteiger charge is 2.16. The minimum absolute atomic E-state index is 0.0132. The number of halogens is 1. The van der Waals surface area contributed by atoms with Gasteiger partial charge >= 0.3 is 6.09 Å². The van der Waals surface area contributed by atoms with Gasteiger partial charge in [0.15, 0.2) is 5.13 Å². The van der Waals surface area contributed by atoms with Crippen LogP contribution in [0.1, 0.15) is 34.1 Å². The van der Waals surface area contributed by atoms with Crippen LogP contribution in [0.4, 0.5) is 14.3 Å². The summed E-state index contributed by atoms with van der Waals surface area (Å²) in [4.78, 5) is 16.1. The van der Waals surface area contributed by atoms with Gasteiger partial charge in [0.2, 0.25) is 0 Å². The van der Waals surface area contributed by atoms with Gasteiger partial charge in [0, 0.05) is 18.7 Å². The number of aromatic nitrogens is 1. The van der Waals surface area contributed by atoms with Gasteiger partial charge in [-0.3, -0.25) is 0 Å². The van der Waals surface area contributed by atoms with Gasteiger partial charge in [-0.1, -0.05) is 18.3 Å². The Morgan fingerprint density at radius 1 is 1.37 bits per heavy atom. The van der Waals surface area contributed by atoms with Crippen LogP contribution < -0.4 is 15.4 Å². The van der Waals surface area contributed by atoms with Crippen molar-refractivity contribution in [3.8, 4) is 5.75 Å². The number of carbonyl (C=O) groups excluding carboxylic acids is 1. The normalized spacial score (nSPS) is 12.1. The maximum atomic E-state index is 13.1. The third-order valence-electron chi connectivity index (χ3n) is 3.32. The molecule has 2 aromatic rings. The van der Waals surface area contributed by atoms with Gasteiger partial charge in [0.25, 0.3) is 0 Å². The van der Waals surface area contributed by atoms with Crippen molar-refractivity contribution in [3.05, 3.63) is 30.1 Å². The van der Waals surface area contributed by atoms with Gasteiger partial charge in [0.05, 0.1) is 16.5 Å². The lowest BCUT2D eigenvalue weighted by atomic mass is 10.2. The standard InChI is InChI=1S/C19H26FN3O3S/c1-5-8-21-17-23-15-7-6-14(9-16(15)27-17)25-12-13(10-20)11-22-18(24)26-19(2,3)4/h6-7,9-10H,5,8,11-12H2,1-4H3,(H,21,23)(H,22,24)/b13-10-. The number of ether oxygens (including phenoxy) is 2. The molecule has 0 radical (unpaired) electrons. The molecule has 27 heavy (non-hydrogen) atoms. The highest BCUT2D eigenvalue weighted by molar-refractivity contribution is 7.22. The number of nitrogens with one attached hydrogen (secondary N) is 2. The molecule has 0 unspecified atom stereocenters. The van der Waals surface area contributed by atoms with Crippen molar-refractivity contribution in [2.45, 2.75) is 39.7 Å². The molecule has 2 rings (SSSR count). The molecule has 0 aliphatic rings. The molecule has 1 heterocycles. The minimum Gasteiger partial charge on any atom is -0.489 e. The zero-order valence-electron chi connectivity index (χ0n) is 16.1. The molecule has 0 atom stereocenters. The number of benzene rings is 1. The average Bonchev–Trinajstić information content (AvgIpc) is 3.00. The Hall–Kier alpha value is -2.35. The maximum Gasteiger partial charge on any atom is 0.407 e. The van der Waals surface area contributed by atoms with E-state index in [1.165, 1.54) is 0 Å². The molecule has 6 nitrogen and oxygen atoms in total. The molecule has 148 valence electrons. The molecule has 0 aliphatic heterocycles. The topological polar surface area (TPSA) is 72.5 Å². The summed E-state index contributed by atoms with van der Waals surface area (Å²) in [7, 11) is 0. The Bertz CT molecular complexity index is 799. The van der Waals surface area contributed by atoms with Crippen molar-refractivity contribution in [3.63, 3.8) is 0 Å². The fourth-order valence-corrected chi connectivity index (χ4v) is 3.02. The van der Waals surface area contributed by atoms with E-state index in [1.807, 2.05) is 12.1 Å². The second-order valence-electron chi connectivity index (χ2n) is 6.99. The summed E-state index contributed by atoms with van der Waals surface area (Å²) in [6, 6.07) is 5.54. The van der Waals surface area contributed by atoms with E-state index in [0.29, 0.717) is 17.7 Å². The summed E-state index contributed by atoms with van der Waals surface area (Å²) >= 11 is 1.55. The van der Waals surface area contributed by atoms with E-state index in [1.54, 1.807) is 38.2 Å². The van der Waals surface area contributed by atoms with E-state index >= 15 is 0 Å². The molecule has 2 N–H and O–H groups in total. The Morgan fingerprint density at radius 2 is 2.15 bits per heavy atom. The molecule has 1 amide bonds. The highest BCUT2D eigenvalue weighted by atomic mass is 32.1. The van der Waals surface area contributed by atoms with Gasteiger partial charge < -0.3 is 20.1 Å². The third kappa shape index (κ3) is 7.05. The van der Waals surface area contributed by atoms with Crippen molar-refractivity contribution in [1.82, 2.24) is 10.3 Å². The molecule has 0 saturated heterocycles. The van der Waals surface area contributed by atoms with Crippen molar-refractivity contribution < 1.29 is 18.7 Å². The van der Waals surface area contributed by atoms with Crippen LogP contribution in [0.5, 0.6) is 5.75 Å². The molecule has 0 aliphatic carbocycles. The number of rotatable bonds is 8. The summed E-state index contributed by atoms with van der Waals surface area (Å²) in [5.74, 6) is 0.616. The minimum atomic E-state index is -0.602. The van der Waals surface area contributed by atoms with Crippen molar-refractivity contribution >= 4 is 32.8 Å². The van der Waals surface area contributed by atoms with E-state index < -0.39 is 11.7 Å². The third-order valence-corrected chi connectivity index (χ3v) is 4.30. The predicted octanol–water partition coefficient (Wildman–Crippen LogP) is 4.88. The van der Waals surface area contributed by atoms with Gasteiger partial charge in [-0.25, -0.2) is 14.2 Å². The summed E-state index contributed by atoms with van der Waals surface area (Å²) in [5, 5.41) is 6.65. The average molecular weight is 396 g/mol. The quantitative estimate of drug-likeness (QED) is 0.667. The van der Waals surface area contributed by atoms with Crippen LogP contribution in [0.25, 0.3) is 10.2 Å². The second kappa shape index (κ2) is 9.55. The first-order valence-electron chi connectivity index (χ1n) is 8.83. The molecule has 0 saturated carbocycles. The lowest BCUT2D eigenvalue weighted by Gasteiger charge is -2.20. The maximum absolute atomic E-state index is 13.1.